The molecule has 8 heteroatoms. The molecule has 0 heterocycles. The van der Waals surface area contributed by atoms with Crippen molar-refractivity contribution in [3.05, 3.63) is 65.7 Å². The van der Waals surface area contributed by atoms with Gasteiger partial charge in [0.15, 0.2) is 0 Å². The van der Waals surface area contributed by atoms with Crippen molar-refractivity contribution in [1.29, 1.82) is 0 Å². The van der Waals surface area contributed by atoms with Crippen molar-refractivity contribution in [1.82, 2.24) is 10.6 Å². The third-order valence-corrected chi connectivity index (χ3v) is 4.97. The second-order valence-electron chi connectivity index (χ2n) is 8.26. The summed E-state index contributed by atoms with van der Waals surface area (Å²) in [5.74, 6) is -2.03. The van der Waals surface area contributed by atoms with Gasteiger partial charge in [0.05, 0.1) is 6.04 Å². The van der Waals surface area contributed by atoms with Crippen LogP contribution in [0.25, 0.3) is 0 Å². The minimum atomic E-state index is -1.15. The normalized spacial score (nSPS) is 13.8. The van der Waals surface area contributed by atoms with Gasteiger partial charge in [-0.15, -0.1) is 0 Å². The van der Waals surface area contributed by atoms with E-state index in [1.54, 1.807) is 36.4 Å². The number of hydrogen-bond donors (Lipinski definition) is 5. The van der Waals surface area contributed by atoms with Crippen molar-refractivity contribution in [2.45, 2.75) is 51.2 Å². The number of benzene rings is 2. The lowest BCUT2D eigenvalue weighted by Crippen LogP contribution is -2.55. The number of nitrogens with one attached hydrogen (secondary N) is 2. The number of carbonyl (C=O) groups excluding carboxylic acids is 2. The number of phenols is 1. The van der Waals surface area contributed by atoms with Crippen LogP contribution in [-0.2, 0) is 27.2 Å². The van der Waals surface area contributed by atoms with Crippen LogP contribution in [0.3, 0.4) is 0 Å². The Bertz CT molecular complexity index is 900. The van der Waals surface area contributed by atoms with Gasteiger partial charge >= 0.3 is 5.97 Å². The number of amides is 2. The number of carbonyl (C=O) groups is 3. The molecule has 172 valence electrons. The monoisotopic (exact) mass is 441 g/mol. The van der Waals surface area contributed by atoms with Crippen LogP contribution >= 0.6 is 0 Å². The van der Waals surface area contributed by atoms with Gasteiger partial charge in [-0.25, -0.2) is 4.79 Å². The van der Waals surface area contributed by atoms with Gasteiger partial charge < -0.3 is 26.6 Å². The Hall–Kier alpha value is -3.39. The summed E-state index contributed by atoms with van der Waals surface area (Å²) in [6.45, 7) is 3.81. The van der Waals surface area contributed by atoms with Crippen LogP contribution in [0.15, 0.2) is 54.6 Å². The lowest BCUT2D eigenvalue weighted by atomic mass is 10.00. The largest absolute Gasteiger partial charge is 0.508 e. The van der Waals surface area contributed by atoms with Crippen LogP contribution in [0.4, 0.5) is 0 Å². The van der Waals surface area contributed by atoms with Crippen molar-refractivity contribution in [3.63, 3.8) is 0 Å². The first-order chi connectivity index (χ1) is 15.2. The molecule has 2 aromatic carbocycles. The summed E-state index contributed by atoms with van der Waals surface area (Å²) in [6.07, 6.45) is 0.694. The standard InChI is InChI=1S/C24H31N3O5/c1-15(2)12-20(26-22(29)19(25)13-17-8-10-18(28)11-9-17)23(30)27-21(24(31)32)14-16-6-4-3-5-7-16/h3-11,15,19-21,28H,12-14,25H2,1-2H3,(H,26,29)(H,27,30)(H,31,32). The highest BCUT2D eigenvalue weighted by Crippen LogP contribution is 2.12. The molecule has 2 amide bonds. The van der Waals surface area contributed by atoms with E-state index in [-0.39, 0.29) is 24.5 Å². The van der Waals surface area contributed by atoms with Crippen molar-refractivity contribution >= 4 is 17.8 Å². The first kappa shape index (κ1) is 24.9. The van der Waals surface area contributed by atoms with Crippen LogP contribution in [0.2, 0.25) is 0 Å². The Kier molecular flexibility index (Phi) is 9.22. The van der Waals surface area contributed by atoms with Crippen molar-refractivity contribution in [2.24, 2.45) is 11.7 Å². The van der Waals surface area contributed by atoms with Crippen molar-refractivity contribution in [3.8, 4) is 5.75 Å². The summed E-state index contributed by atoms with van der Waals surface area (Å²) in [6, 6.07) is 12.4. The minimum absolute atomic E-state index is 0.0803. The van der Waals surface area contributed by atoms with Gasteiger partial charge in [-0.3, -0.25) is 9.59 Å². The Morgan fingerprint density at radius 1 is 0.844 bits per heavy atom. The molecule has 0 saturated heterocycles. The Labute approximate surface area is 187 Å². The summed E-state index contributed by atoms with van der Waals surface area (Å²) >= 11 is 0. The molecule has 0 aliphatic rings. The SMILES string of the molecule is CC(C)CC(NC(=O)C(N)Cc1ccc(O)cc1)C(=O)NC(Cc1ccccc1)C(=O)O. The number of aromatic hydroxyl groups is 1. The van der Waals surface area contributed by atoms with E-state index in [2.05, 4.69) is 10.6 Å². The van der Waals surface area contributed by atoms with Crippen LogP contribution in [0.1, 0.15) is 31.4 Å². The first-order valence-corrected chi connectivity index (χ1v) is 10.6. The number of hydrogen-bond acceptors (Lipinski definition) is 5. The smallest absolute Gasteiger partial charge is 0.326 e. The summed E-state index contributed by atoms with van der Waals surface area (Å²) < 4.78 is 0. The molecule has 0 aliphatic carbocycles. The summed E-state index contributed by atoms with van der Waals surface area (Å²) in [5, 5.41) is 24.2. The fraction of sp³-hybridized carbons (Fsp3) is 0.375. The van der Waals surface area contributed by atoms with Crippen LogP contribution in [0.5, 0.6) is 5.75 Å². The van der Waals surface area contributed by atoms with E-state index in [9.17, 15) is 24.6 Å². The van der Waals surface area contributed by atoms with Crippen molar-refractivity contribution < 1.29 is 24.6 Å². The second-order valence-corrected chi connectivity index (χ2v) is 8.26. The Morgan fingerprint density at radius 2 is 1.41 bits per heavy atom. The number of carboxylic acids is 1. The van der Waals surface area contributed by atoms with E-state index in [1.165, 1.54) is 12.1 Å². The third-order valence-electron chi connectivity index (χ3n) is 4.97. The maximum absolute atomic E-state index is 12.9. The molecule has 6 N–H and O–H groups in total. The highest BCUT2D eigenvalue weighted by molar-refractivity contribution is 5.91. The molecule has 32 heavy (non-hydrogen) atoms. The fourth-order valence-electron chi connectivity index (χ4n) is 3.28. The molecule has 0 spiro atoms. The predicted molar refractivity (Wildman–Crippen MR) is 121 cm³/mol. The maximum atomic E-state index is 12.9. The Balaban J connectivity index is 2.04. The van der Waals surface area contributed by atoms with Gasteiger partial charge in [0.1, 0.15) is 17.8 Å². The molecule has 0 saturated carbocycles. The third kappa shape index (κ3) is 8.03. The number of phenolic OH excluding ortho intramolecular Hbond substituents is 1. The molecule has 0 fully saturated rings. The van der Waals surface area contributed by atoms with Gasteiger partial charge in [-0.05, 0) is 42.0 Å². The molecular weight excluding hydrogens is 410 g/mol. The molecule has 0 radical (unpaired) electrons. The van der Waals surface area contributed by atoms with Crippen LogP contribution in [-0.4, -0.2) is 46.1 Å². The molecule has 0 bridgehead atoms. The van der Waals surface area contributed by atoms with Crippen molar-refractivity contribution in [2.75, 3.05) is 0 Å². The summed E-state index contributed by atoms with van der Waals surface area (Å²) in [4.78, 5) is 37.2. The van der Waals surface area contributed by atoms with E-state index in [0.29, 0.717) is 6.42 Å². The molecule has 2 aromatic rings. The fourth-order valence-corrected chi connectivity index (χ4v) is 3.28. The van der Waals surface area contributed by atoms with Gasteiger partial charge in [-0.2, -0.15) is 0 Å². The molecule has 3 atom stereocenters. The minimum Gasteiger partial charge on any atom is -0.508 e. The summed E-state index contributed by atoms with van der Waals surface area (Å²) in [5.41, 5.74) is 7.56. The highest BCUT2D eigenvalue weighted by Gasteiger charge is 2.28. The average Bonchev–Trinajstić information content (AvgIpc) is 2.74. The average molecular weight is 442 g/mol. The van der Waals surface area contributed by atoms with E-state index in [0.717, 1.165) is 11.1 Å². The zero-order chi connectivity index (χ0) is 23.7. The Morgan fingerprint density at radius 3 is 1.97 bits per heavy atom. The summed E-state index contributed by atoms with van der Waals surface area (Å²) in [7, 11) is 0. The van der Waals surface area contributed by atoms with Crippen LogP contribution < -0.4 is 16.4 Å². The number of rotatable bonds is 11. The van der Waals surface area contributed by atoms with Gasteiger partial charge in [0.2, 0.25) is 11.8 Å². The van der Waals surface area contributed by atoms with E-state index >= 15 is 0 Å². The zero-order valence-corrected chi connectivity index (χ0v) is 18.3. The van der Waals surface area contributed by atoms with E-state index < -0.39 is 35.9 Å². The van der Waals surface area contributed by atoms with Gasteiger partial charge in [0, 0.05) is 6.42 Å². The molecule has 8 nitrogen and oxygen atoms in total. The van der Waals surface area contributed by atoms with E-state index in [4.69, 9.17) is 5.73 Å². The number of aliphatic carboxylic acids is 1. The number of carboxylic acid groups (broad SMARTS) is 1. The van der Waals surface area contributed by atoms with Crippen LogP contribution in [0, 0.1) is 5.92 Å². The van der Waals surface area contributed by atoms with Gasteiger partial charge in [0.25, 0.3) is 0 Å². The molecule has 0 aliphatic heterocycles. The van der Waals surface area contributed by atoms with Gasteiger partial charge in [-0.1, -0.05) is 56.3 Å². The maximum Gasteiger partial charge on any atom is 0.326 e. The van der Waals surface area contributed by atoms with E-state index in [1.807, 2.05) is 19.9 Å². The quantitative estimate of drug-likeness (QED) is 0.359. The lowest BCUT2D eigenvalue weighted by Gasteiger charge is -2.24. The number of nitrogens with two attached hydrogens (primary N) is 1. The lowest BCUT2D eigenvalue weighted by molar-refractivity contribution is -0.142. The second kappa shape index (κ2) is 11.9. The topological polar surface area (TPSA) is 142 Å². The zero-order valence-electron chi connectivity index (χ0n) is 18.3. The molecular formula is C24H31N3O5. The predicted octanol–water partition coefficient (Wildman–Crippen LogP) is 1.61. The highest BCUT2D eigenvalue weighted by atomic mass is 16.4. The first-order valence-electron chi connectivity index (χ1n) is 10.6. The molecule has 2 rings (SSSR count). The molecule has 3 unspecified atom stereocenters. The molecule has 0 aromatic heterocycles.